The van der Waals surface area contributed by atoms with Gasteiger partial charge in [-0.1, -0.05) is 0 Å². The first-order chi connectivity index (χ1) is 14.6. The Bertz CT molecular complexity index is 908. The van der Waals surface area contributed by atoms with Crippen molar-refractivity contribution in [2.45, 2.75) is 13.3 Å². The SMILES string of the molecule is CCOc1ccc(C(=O)NCC(=O)OCC(=O)c2ccc3c(c2)OCCCO3)cc1. The third kappa shape index (κ3) is 5.73. The summed E-state index contributed by atoms with van der Waals surface area (Å²) in [5.74, 6) is 0.213. The molecule has 0 fully saturated rings. The van der Waals surface area contributed by atoms with Crippen LogP contribution < -0.4 is 19.5 Å². The van der Waals surface area contributed by atoms with Crippen LogP contribution in [0.5, 0.6) is 17.2 Å². The summed E-state index contributed by atoms with van der Waals surface area (Å²) in [7, 11) is 0. The number of esters is 1. The molecule has 0 aliphatic carbocycles. The monoisotopic (exact) mass is 413 g/mol. The van der Waals surface area contributed by atoms with Crippen LogP contribution in [0.3, 0.4) is 0 Å². The van der Waals surface area contributed by atoms with E-state index in [1.165, 1.54) is 0 Å². The third-order valence-electron chi connectivity index (χ3n) is 4.25. The highest BCUT2D eigenvalue weighted by Crippen LogP contribution is 2.30. The minimum absolute atomic E-state index is 0.347. The molecule has 0 bridgehead atoms. The van der Waals surface area contributed by atoms with Crippen LogP contribution in [0.15, 0.2) is 42.5 Å². The Morgan fingerprint density at radius 1 is 0.967 bits per heavy atom. The van der Waals surface area contributed by atoms with Gasteiger partial charge < -0.3 is 24.3 Å². The summed E-state index contributed by atoms with van der Waals surface area (Å²) in [4.78, 5) is 36.3. The number of amides is 1. The largest absolute Gasteiger partial charge is 0.494 e. The Balaban J connectivity index is 1.45. The molecule has 1 aliphatic rings. The summed E-state index contributed by atoms with van der Waals surface area (Å²) in [6.07, 6.45) is 0.762. The standard InChI is InChI=1S/C22H23NO7/c1-2-27-17-7-4-15(5-8-17)22(26)23-13-21(25)30-14-18(24)16-6-9-19-20(12-16)29-11-3-10-28-19/h4-9,12H,2-3,10-11,13-14H2,1H3,(H,23,26). The fraction of sp³-hybridized carbons (Fsp3) is 0.318. The number of nitrogens with one attached hydrogen (secondary N) is 1. The fourth-order valence-corrected chi connectivity index (χ4v) is 2.74. The number of carbonyl (C=O) groups excluding carboxylic acids is 3. The van der Waals surface area contributed by atoms with Crippen molar-refractivity contribution in [1.82, 2.24) is 5.32 Å². The maximum atomic E-state index is 12.3. The molecule has 1 amide bonds. The summed E-state index contributed by atoms with van der Waals surface area (Å²) < 4.78 is 21.4. The zero-order valence-electron chi connectivity index (χ0n) is 16.6. The maximum absolute atomic E-state index is 12.3. The van der Waals surface area contributed by atoms with Gasteiger partial charge in [0.1, 0.15) is 12.3 Å². The van der Waals surface area contributed by atoms with E-state index >= 15 is 0 Å². The molecule has 8 nitrogen and oxygen atoms in total. The third-order valence-corrected chi connectivity index (χ3v) is 4.25. The summed E-state index contributed by atoms with van der Waals surface area (Å²) in [5.41, 5.74) is 0.736. The van der Waals surface area contributed by atoms with Gasteiger partial charge in [0.15, 0.2) is 23.9 Å². The maximum Gasteiger partial charge on any atom is 0.325 e. The molecule has 1 N–H and O–H groups in total. The normalized spacial score (nSPS) is 12.4. The second-order valence-electron chi connectivity index (χ2n) is 6.44. The molecule has 0 radical (unpaired) electrons. The first kappa shape index (κ1) is 21.2. The molecular formula is C22H23NO7. The van der Waals surface area contributed by atoms with Crippen molar-refractivity contribution in [3.63, 3.8) is 0 Å². The number of hydrogen-bond acceptors (Lipinski definition) is 7. The molecule has 1 aliphatic heterocycles. The van der Waals surface area contributed by atoms with Gasteiger partial charge in [0.05, 0.1) is 19.8 Å². The summed E-state index contributed by atoms with van der Waals surface area (Å²) in [6, 6.07) is 11.4. The molecule has 30 heavy (non-hydrogen) atoms. The Hall–Kier alpha value is -3.55. The molecule has 0 unspecified atom stereocenters. The van der Waals surface area contributed by atoms with Crippen LogP contribution in [-0.4, -0.2) is 50.6 Å². The Labute approximate surface area is 174 Å². The number of carbonyl (C=O) groups is 3. The van der Waals surface area contributed by atoms with Crippen molar-refractivity contribution in [3.05, 3.63) is 53.6 Å². The van der Waals surface area contributed by atoms with E-state index in [0.717, 1.165) is 6.42 Å². The summed E-state index contributed by atoms with van der Waals surface area (Å²) in [6.45, 7) is 2.68. The molecular weight excluding hydrogens is 390 g/mol. The second-order valence-corrected chi connectivity index (χ2v) is 6.44. The average molecular weight is 413 g/mol. The smallest absolute Gasteiger partial charge is 0.325 e. The highest BCUT2D eigenvalue weighted by molar-refractivity contribution is 5.99. The molecule has 0 saturated carbocycles. The minimum atomic E-state index is -0.711. The van der Waals surface area contributed by atoms with E-state index in [4.69, 9.17) is 18.9 Å². The van der Waals surface area contributed by atoms with Crippen LogP contribution >= 0.6 is 0 Å². The van der Waals surface area contributed by atoms with E-state index in [0.29, 0.717) is 48.2 Å². The molecule has 1 heterocycles. The van der Waals surface area contributed by atoms with Gasteiger partial charge in [0.2, 0.25) is 0 Å². The second kappa shape index (κ2) is 10.3. The van der Waals surface area contributed by atoms with Crippen LogP contribution in [-0.2, 0) is 9.53 Å². The van der Waals surface area contributed by atoms with Crippen molar-refractivity contribution >= 4 is 17.7 Å². The molecule has 3 rings (SSSR count). The van der Waals surface area contributed by atoms with Gasteiger partial charge in [-0.2, -0.15) is 0 Å². The molecule has 0 spiro atoms. The highest BCUT2D eigenvalue weighted by atomic mass is 16.5. The van der Waals surface area contributed by atoms with Crippen LogP contribution in [0.25, 0.3) is 0 Å². The molecule has 158 valence electrons. The van der Waals surface area contributed by atoms with E-state index in [-0.39, 0.29) is 12.3 Å². The van der Waals surface area contributed by atoms with E-state index < -0.39 is 18.5 Å². The summed E-state index contributed by atoms with van der Waals surface area (Å²) in [5, 5.41) is 2.46. The topological polar surface area (TPSA) is 100 Å². The predicted octanol–water partition coefficient (Wildman–Crippen LogP) is 2.40. The van der Waals surface area contributed by atoms with Crippen LogP contribution in [0, 0.1) is 0 Å². The lowest BCUT2D eigenvalue weighted by molar-refractivity contribution is -0.141. The number of ether oxygens (including phenoxy) is 4. The van der Waals surface area contributed by atoms with Crippen LogP contribution in [0.4, 0.5) is 0 Å². The molecule has 0 atom stereocenters. The van der Waals surface area contributed by atoms with Gasteiger partial charge in [0, 0.05) is 17.5 Å². The van der Waals surface area contributed by atoms with Gasteiger partial charge in [-0.05, 0) is 49.4 Å². The zero-order valence-corrected chi connectivity index (χ0v) is 16.6. The van der Waals surface area contributed by atoms with Crippen molar-refractivity contribution in [1.29, 1.82) is 0 Å². The first-order valence-electron chi connectivity index (χ1n) is 9.66. The Kier molecular flexibility index (Phi) is 7.26. The average Bonchev–Trinajstić information content (AvgIpc) is 3.01. The van der Waals surface area contributed by atoms with E-state index in [1.807, 2.05) is 6.92 Å². The van der Waals surface area contributed by atoms with E-state index in [2.05, 4.69) is 5.32 Å². The van der Waals surface area contributed by atoms with Crippen molar-refractivity contribution < 1.29 is 33.3 Å². The number of Topliss-reactive ketones (excluding diaryl/α,β-unsaturated/α-hetero) is 1. The quantitative estimate of drug-likeness (QED) is 0.524. The number of fused-ring (bicyclic) bond motifs is 1. The zero-order chi connectivity index (χ0) is 21.3. The molecule has 2 aromatic rings. The van der Waals surface area contributed by atoms with Crippen molar-refractivity contribution in [2.75, 3.05) is 33.0 Å². The number of hydrogen-bond donors (Lipinski definition) is 1. The van der Waals surface area contributed by atoms with Crippen molar-refractivity contribution in [2.24, 2.45) is 0 Å². The highest BCUT2D eigenvalue weighted by Gasteiger charge is 2.16. The lowest BCUT2D eigenvalue weighted by atomic mass is 10.1. The van der Waals surface area contributed by atoms with Gasteiger partial charge in [-0.3, -0.25) is 14.4 Å². The lowest BCUT2D eigenvalue weighted by Gasteiger charge is -2.09. The molecule has 8 heteroatoms. The molecule has 0 saturated heterocycles. The van der Waals surface area contributed by atoms with Crippen LogP contribution in [0.1, 0.15) is 34.1 Å². The lowest BCUT2D eigenvalue weighted by Crippen LogP contribution is -2.31. The molecule has 0 aromatic heterocycles. The molecule has 2 aromatic carbocycles. The first-order valence-corrected chi connectivity index (χ1v) is 9.66. The Morgan fingerprint density at radius 2 is 1.67 bits per heavy atom. The van der Waals surface area contributed by atoms with Gasteiger partial charge in [-0.15, -0.1) is 0 Å². The minimum Gasteiger partial charge on any atom is -0.494 e. The van der Waals surface area contributed by atoms with Gasteiger partial charge in [-0.25, -0.2) is 0 Å². The van der Waals surface area contributed by atoms with E-state index in [1.54, 1.807) is 42.5 Å². The van der Waals surface area contributed by atoms with Gasteiger partial charge >= 0.3 is 5.97 Å². The summed E-state index contributed by atoms with van der Waals surface area (Å²) >= 11 is 0. The van der Waals surface area contributed by atoms with Gasteiger partial charge in [0.25, 0.3) is 5.91 Å². The van der Waals surface area contributed by atoms with Crippen LogP contribution in [0.2, 0.25) is 0 Å². The number of rotatable bonds is 8. The fourth-order valence-electron chi connectivity index (χ4n) is 2.74. The van der Waals surface area contributed by atoms with Crippen molar-refractivity contribution in [3.8, 4) is 17.2 Å². The predicted molar refractivity (Wildman–Crippen MR) is 107 cm³/mol. The van der Waals surface area contributed by atoms with E-state index in [9.17, 15) is 14.4 Å². The Morgan fingerprint density at radius 3 is 2.40 bits per heavy atom. The number of benzene rings is 2. The number of ketones is 1.